The van der Waals surface area contributed by atoms with Crippen LogP contribution in [-0.4, -0.2) is 34.3 Å². The Balaban J connectivity index is 2.08. The molecule has 6 nitrogen and oxygen atoms in total. The molecule has 1 atom stereocenters. The summed E-state index contributed by atoms with van der Waals surface area (Å²) in [6.07, 6.45) is 2.28. The van der Waals surface area contributed by atoms with Gasteiger partial charge in [0.05, 0.1) is 17.8 Å². The molecule has 94 valence electrons. The highest BCUT2D eigenvalue weighted by atomic mass is 16.2. The molecule has 2 heterocycles. The van der Waals surface area contributed by atoms with Crippen LogP contribution in [0, 0.1) is 0 Å². The first-order valence-electron chi connectivity index (χ1n) is 5.89. The molecule has 0 aliphatic carbocycles. The van der Waals surface area contributed by atoms with E-state index < -0.39 is 5.54 Å². The van der Waals surface area contributed by atoms with E-state index in [2.05, 4.69) is 15.7 Å². The molecule has 1 aromatic heterocycles. The summed E-state index contributed by atoms with van der Waals surface area (Å²) in [6.45, 7) is 5.40. The van der Waals surface area contributed by atoms with Gasteiger partial charge in [-0.05, 0) is 13.3 Å². The van der Waals surface area contributed by atoms with Gasteiger partial charge in [-0.1, -0.05) is 6.92 Å². The molecule has 1 saturated heterocycles. The monoisotopic (exact) mass is 237 g/mol. The third-order valence-electron chi connectivity index (χ3n) is 3.27. The second-order valence-corrected chi connectivity index (χ2v) is 4.70. The second-order valence-electron chi connectivity index (χ2n) is 4.70. The summed E-state index contributed by atoms with van der Waals surface area (Å²) in [4.78, 5) is 12.0. The topological polar surface area (TPSA) is 85.0 Å². The Morgan fingerprint density at radius 3 is 3.00 bits per heavy atom. The quantitative estimate of drug-likeness (QED) is 0.693. The van der Waals surface area contributed by atoms with Crippen LogP contribution in [0.3, 0.4) is 0 Å². The Hall–Kier alpha value is -1.40. The molecule has 1 aliphatic rings. The van der Waals surface area contributed by atoms with E-state index in [1.807, 2.05) is 11.6 Å². The summed E-state index contributed by atoms with van der Waals surface area (Å²) in [5, 5.41) is 10.2. The van der Waals surface area contributed by atoms with Crippen molar-refractivity contribution in [1.82, 2.24) is 15.1 Å². The number of nitrogens with one attached hydrogen (secondary N) is 2. The highest BCUT2D eigenvalue weighted by Gasteiger charge is 2.28. The first kappa shape index (κ1) is 12.1. The van der Waals surface area contributed by atoms with Gasteiger partial charge in [0.1, 0.15) is 5.82 Å². The standard InChI is InChI=1S/C11H19N5O/c1-3-11(2,12)10(17)15-9-4-5-14-16(9)8-6-13-7-8/h4-5,8,13H,3,6-7,12H2,1-2H3,(H,15,17). The smallest absolute Gasteiger partial charge is 0.245 e. The van der Waals surface area contributed by atoms with Crippen LogP contribution >= 0.6 is 0 Å². The number of hydrogen-bond donors (Lipinski definition) is 3. The molecule has 1 aromatic rings. The predicted molar refractivity (Wildman–Crippen MR) is 65.6 cm³/mol. The lowest BCUT2D eigenvalue weighted by Gasteiger charge is -2.29. The van der Waals surface area contributed by atoms with E-state index in [-0.39, 0.29) is 5.91 Å². The molecule has 6 heteroatoms. The van der Waals surface area contributed by atoms with Crippen LogP contribution < -0.4 is 16.4 Å². The SMILES string of the molecule is CCC(C)(N)C(=O)Nc1ccnn1C1CNC1. The highest BCUT2D eigenvalue weighted by Crippen LogP contribution is 2.18. The van der Waals surface area contributed by atoms with Gasteiger partial charge < -0.3 is 16.4 Å². The Kier molecular flexibility index (Phi) is 3.17. The van der Waals surface area contributed by atoms with E-state index in [9.17, 15) is 4.79 Å². The molecule has 4 N–H and O–H groups in total. The molecular formula is C11H19N5O. The number of rotatable bonds is 4. The number of nitrogens with zero attached hydrogens (tertiary/aromatic N) is 2. The first-order valence-corrected chi connectivity index (χ1v) is 5.89. The van der Waals surface area contributed by atoms with Crippen LogP contribution in [0.1, 0.15) is 26.3 Å². The van der Waals surface area contributed by atoms with E-state index >= 15 is 0 Å². The molecular weight excluding hydrogens is 218 g/mol. The van der Waals surface area contributed by atoms with E-state index in [0.717, 1.165) is 13.1 Å². The van der Waals surface area contributed by atoms with Crippen molar-refractivity contribution in [3.05, 3.63) is 12.3 Å². The zero-order valence-electron chi connectivity index (χ0n) is 10.2. The first-order chi connectivity index (χ1) is 8.04. The minimum Gasteiger partial charge on any atom is -0.318 e. The summed E-state index contributed by atoms with van der Waals surface area (Å²) in [7, 11) is 0. The van der Waals surface area contributed by atoms with Crippen molar-refractivity contribution in [1.29, 1.82) is 0 Å². The van der Waals surface area contributed by atoms with Crippen LogP contribution in [0.15, 0.2) is 12.3 Å². The van der Waals surface area contributed by atoms with Crippen LogP contribution in [0.4, 0.5) is 5.82 Å². The molecule has 0 saturated carbocycles. The van der Waals surface area contributed by atoms with Gasteiger partial charge >= 0.3 is 0 Å². The van der Waals surface area contributed by atoms with Crippen molar-refractivity contribution in [3.8, 4) is 0 Å². The lowest BCUT2D eigenvalue weighted by Crippen LogP contribution is -2.49. The fraction of sp³-hybridized carbons (Fsp3) is 0.636. The van der Waals surface area contributed by atoms with Gasteiger partial charge in [0, 0.05) is 19.2 Å². The van der Waals surface area contributed by atoms with Gasteiger partial charge in [0.25, 0.3) is 0 Å². The number of aromatic nitrogens is 2. The fourth-order valence-corrected chi connectivity index (χ4v) is 1.57. The minimum atomic E-state index is -0.840. The second kappa shape index (κ2) is 4.46. The van der Waals surface area contributed by atoms with Crippen molar-refractivity contribution in [2.45, 2.75) is 31.8 Å². The highest BCUT2D eigenvalue weighted by molar-refractivity contribution is 5.96. The van der Waals surface area contributed by atoms with Gasteiger partial charge in [-0.3, -0.25) is 4.79 Å². The van der Waals surface area contributed by atoms with Crippen LogP contribution in [0.25, 0.3) is 0 Å². The Morgan fingerprint density at radius 1 is 1.76 bits per heavy atom. The largest absolute Gasteiger partial charge is 0.318 e. The van der Waals surface area contributed by atoms with Crippen LogP contribution in [0.5, 0.6) is 0 Å². The number of amides is 1. The molecule has 1 fully saturated rings. The third kappa shape index (κ3) is 2.32. The number of hydrogen-bond acceptors (Lipinski definition) is 4. The average molecular weight is 237 g/mol. The van der Waals surface area contributed by atoms with E-state index in [1.165, 1.54) is 0 Å². The van der Waals surface area contributed by atoms with E-state index in [0.29, 0.717) is 18.3 Å². The lowest BCUT2D eigenvalue weighted by atomic mass is 10.00. The molecule has 1 amide bonds. The predicted octanol–water partition coefficient (Wildman–Crippen LogP) is 0.0933. The summed E-state index contributed by atoms with van der Waals surface area (Å²) in [6, 6.07) is 2.12. The Bertz CT molecular complexity index is 408. The number of anilines is 1. The van der Waals surface area contributed by atoms with Crippen molar-refractivity contribution < 1.29 is 4.79 Å². The Morgan fingerprint density at radius 2 is 2.47 bits per heavy atom. The zero-order valence-corrected chi connectivity index (χ0v) is 10.2. The Labute approximate surface area is 101 Å². The molecule has 0 aromatic carbocycles. The molecule has 0 spiro atoms. The minimum absolute atomic E-state index is 0.172. The summed E-state index contributed by atoms with van der Waals surface area (Å²) < 4.78 is 1.83. The maximum absolute atomic E-state index is 12.0. The lowest BCUT2D eigenvalue weighted by molar-refractivity contribution is -0.120. The molecule has 2 rings (SSSR count). The third-order valence-corrected chi connectivity index (χ3v) is 3.27. The van der Waals surface area contributed by atoms with E-state index in [1.54, 1.807) is 19.2 Å². The maximum atomic E-state index is 12.0. The van der Waals surface area contributed by atoms with Gasteiger partial charge in [-0.15, -0.1) is 0 Å². The maximum Gasteiger partial charge on any atom is 0.245 e. The zero-order chi connectivity index (χ0) is 12.5. The average Bonchev–Trinajstić information content (AvgIpc) is 2.64. The molecule has 1 aliphatic heterocycles. The number of carbonyl (C=O) groups excluding carboxylic acids is 1. The summed E-state index contributed by atoms with van der Waals surface area (Å²) in [5.74, 6) is 0.542. The molecule has 17 heavy (non-hydrogen) atoms. The normalized spacial score (nSPS) is 19.5. The molecule has 0 radical (unpaired) electrons. The van der Waals surface area contributed by atoms with Crippen molar-refractivity contribution in [2.24, 2.45) is 5.73 Å². The molecule has 0 bridgehead atoms. The van der Waals surface area contributed by atoms with Crippen LogP contribution in [-0.2, 0) is 4.79 Å². The van der Waals surface area contributed by atoms with Crippen molar-refractivity contribution in [3.63, 3.8) is 0 Å². The van der Waals surface area contributed by atoms with Crippen LogP contribution in [0.2, 0.25) is 0 Å². The number of nitrogens with two attached hydrogens (primary N) is 1. The summed E-state index contributed by atoms with van der Waals surface area (Å²) in [5.41, 5.74) is 5.05. The van der Waals surface area contributed by atoms with Gasteiger partial charge in [0.2, 0.25) is 5.91 Å². The van der Waals surface area contributed by atoms with E-state index in [4.69, 9.17) is 5.73 Å². The summed E-state index contributed by atoms with van der Waals surface area (Å²) >= 11 is 0. The van der Waals surface area contributed by atoms with Crippen molar-refractivity contribution >= 4 is 11.7 Å². The van der Waals surface area contributed by atoms with Crippen molar-refractivity contribution in [2.75, 3.05) is 18.4 Å². The van der Waals surface area contributed by atoms with Gasteiger partial charge in [-0.2, -0.15) is 5.10 Å². The van der Waals surface area contributed by atoms with Gasteiger partial charge in [0.15, 0.2) is 0 Å². The van der Waals surface area contributed by atoms with Gasteiger partial charge in [-0.25, -0.2) is 4.68 Å². The fourth-order valence-electron chi connectivity index (χ4n) is 1.57. The number of carbonyl (C=O) groups is 1. The molecule has 1 unspecified atom stereocenters.